The molecular weight excluding hydrogens is 148 g/mol. The van der Waals surface area contributed by atoms with E-state index < -0.39 is 0 Å². The van der Waals surface area contributed by atoms with Crippen LogP contribution in [-0.2, 0) is 0 Å². The Hall–Kier alpha value is -1.31. The second-order valence-electron chi connectivity index (χ2n) is 2.37. The molecule has 0 saturated carbocycles. The average Bonchev–Trinajstić information content (AvgIpc) is 2.53. The zero-order valence-electron chi connectivity index (χ0n) is 7.76. The van der Waals surface area contributed by atoms with Crippen LogP contribution in [0.15, 0.2) is 24.5 Å². The molecule has 0 radical (unpaired) electrons. The van der Waals surface area contributed by atoms with Crippen LogP contribution >= 0.6 is 0 Å². The van der Waals surface area contributed by atoms with Crippen molar-refractivity contribution in [3.05, 3.63) is 30.1 Å². The van der Waals surface area contributed by atoms with Gasteiger partial charge in [0, 0.05) is 19.2 Å². The topological polar surface area (TPSA) is 28.7 Å². The largest absolute Gasteiger partial charge is 0.346 e. The average molecular weight is 164 g/mol. The zero-order chi connectivity index (χ0) is 8.97. The number of hydrogen-bond donors (Lipinski definition) is 1. The molecule has 0 saturated heterocycles. The molecule has 2 aromatic heterocycles. The van der Waals surface area contributed by atoms with Gasteiger partial charge < -0.3 is 4.98 Å². The molecule has 0 aliphatic carbocycles. The summed E-state index contributed by atoms with van der Waals surface area (Å²) in [6, 6.07) is 4.01. The Balaban J connectivity index is 0.000000451. The van der Waals surface area contributed by atoms with Crippen LogP contribution in [0, 0.1) is 6.92 Å². The summed E-state index contributed by atoms with van der Waals surface area (Å²) < 4.78 is 0. The second kappa shape index (κ2) is 3.90. The molecule has 0 amide bonds. The first-order valence-electron chi connectivity index (χ1n) is 4.26. The Bertz CT molecular complexity index is 354. The fourth-order valence-electron chi connectivity index (χ4n) is 1.09. The van der Waals surface area contributed by atoms with Gasteiger partial charge in [-0.05, 0) is 24.6 Å². The van der Waals surface area contributed by atoms with Crippen molar-refractivity contribution in [1.82, 2.24) is 9.97 Å². The lowest BCUT2D eigenvalue weighted by Gasteiger charge is -1.86. The van der Waals surface area contributed by atoms with Crippen molar-refractivity contribution in [2.75, 3.05) is 0 Å². The molecule has 0 atom stereocenters. The molecule has 2 aromatic rings. The summed E-state index contributed by atoms with van der Waals surface area (Å²) in [5, 5.41) is 1.21. The van der Waals surface area contributed by atoms with Gasteiger partial charge in [0.05, 0.1) is 0 Å². The predicted octanol–water partition coefficient (Wildman–Crippen LogP) is 3.14. The normalized spacial score (nSPS) is 9.25. The van der Waals surface area contributed by atoms with Gasteiger partial charge in [-0.15, -0.1) is 0 Å². The van der Waals surface area contributed by atoms with Crippen molar-refractivity contribution >= 4 is 11.0 Å². The first kappa shape index (κ1) is 8.78. The van der Waals surface area contributed by atoms with Gasteiger partial charge in [0.2, 0.25) is 0 Å². The maximum atomic E-state index is 4.15. The lowest BCUT2D eigenvalue weighted by atomic mass is 10.2. The summed E-state index contributed by atoms with van der Waals surface area (Å²) in [5.41, 5.74) is 2.23. The van der Waals surface area contributed by atoms with E-state index in [1.807, 2.05) is 26.1 Å². The van der Waals surface area contributed by atoms with Crippen molar-refractivity contribution in [3.8, 4) is 0 Å². The van der Waals surface area contributed by atoms with Crippen LogP contribution in [0.5, 0.6) is 0 Å². The summed E-state index contributed by atoms with van der Waals surface area (Å²) in [6.45, 7) is 6.07. The number of H-pyrrole nitrogens is 1. The Morgan fingerprint density at radius 1 is 1.42 bits per heavy atom. The second-order valence-corrected chi connectivity index (χ2v) is 2.37. The van der Waals surface area contributed by atoms with Gasteiger partial charge in [0.25, 0.3) is 0 Å². The molecule has 0 unspecified atom stereocenters. The number of pyridine rings is 1. The highest BCUT2D eigenvalue weighted by atomic mass is 14.8. The molecule has 2 rings (SSSR count). The number of rotatable bonds is 0. The molecule has 1 N–H and O–H groups in total. The fraction of sp³-hybridized carbons (Fsp3) is 0.300. The van der Waals surface area contributed by atoms with E-state index >= 15 is 0 Å². The highest BCUT2D eigenvalue weighted by Gasteiger charge is 1.95. The van der Waals surface area contributed by atoms with Gasteiger partial charge in [0.15, 0.2) is 0 Å². The van der Waals surface area contributed by atoms with Crippen LogP contribution in [-0.4, -0.2) is 9.97 Å². The van der Waals surface area contributed by atoms with Crippen LogP contribution < -0.4 is 0 Å². The molecule has 12 heavy (non-hydrogen) atoms. The monoisotopic (exact) mass is 164 g/mol. The first-order valence-corrected chi connectivity index (χ1v) is 4.26. The minimum atomic E-state index is 0. The number of hydrogen-bond acceptors (Lipinski definition) is 1. The van der Waals surface area contributed by atoms with Crippen LogP contribution in [0.3, 0.4) is 0 Å². The molecule has 0 bridgehead atoms. The molecule has 2 heteroatoms. The molecule has 0 aliphatic heterocycles. The molecule has 0 spiro atoms. The summed E-state index contributed by atoms with van der Waals surface area (Å²) in [4.78, 5) is 7.22. The third-order valence-corrected chi connectivity index (χ3v) is 1.66. The van der Waals surface area contributed by atoms with Gasteiger partial charge in [0.1, 0.15) is 5.65 Å². The van der Waals surface area contributed by atoms with E-state index in [2.05, 4.69) is 23.0 Å². The van der Waals surface area contributed by atoms with Crippen LogP contribution in [0.25, 0.3) is 11.0 Å². The Labute approximate surface area is 74.1 Å². The maximum Gasteiger partial charge on any atom is 0.137 e. The van der Waals surface area contributed by atoms with E-state index in [9.17, 15) is 0 Å². The zero-order valence-corrected chi connectivity index (χ0v) is 7.76. The van der Waals surface area contributed by atoms with Gasteiger partial charge >= 0.3 is 0 Å². The number of aromatic amines is 1. The van der Waals surface area contributed by atoms with Gasteiger partial charge in [-0.2, -0.15) is 0 Å². The molecule has 2 heterocycles. The van der Waals surface area contributed by atoms with E-state index in [1.165, 1.54) is 10.9 Å². The van der Waals surface area contributed by atoms with Gasteiger partial charge in [-0.1, -0.05) is 13.8 Å². The van der Waals surface area contributed by atoms with Crippen molar-refractivity contribution < 1.29 is 1.43 Å². The number of aromatic nitrogens is 2. The molecular formula is C10H16N2. The van der Waals surface area contributed by atoms with Crippen molar-refractivity contribution in [2.45, 2.75) is 20.8 Å². The maximum absolute atomic E-state index is 4.15. The Morgan fingerprint density at radius 3 is 2.83 bits per heavy atom. The highest BCUT2D eigenvalue weighted by Crippen LogP contribution is 2.12. The number of nitrogens with one attached hydrogen (secondary N) is 1. The molecule has 0 fully saturated rings. The minimum Gasteiger partial charge on any atom is -0.346 e. The Morgan fingerprint density at radius 2 is 2.17 bits per heavy atom. The quantitative estimate of drug-likeness (QED) is 0.636. The van der Waals surface area contributed by atoms with E-state index in [-0.39, 0.29) is 1.43 Å². The standard InChI is InChI=1S/C8H8N2.C2H6.H2/c1-6-5-10-8-7(6)3-2-4-9-8;1-2;/h2-5H,1H3,(H,9,10);1-2H3;1H. The number of nitrogens with zero attached hydrogens (tertiary/aromatic N) is 1. The van der Waals surface area contributed by atoms with E-state index in [0.29, 0.717) is 0 Å². The molecule has 2 nitrogen and oxygen atoms in total. The smallest absolute Gasteiger partial charge is 0.137 e. The summed E-state index contributed by atoms with van der Waals surface area (Å²) in [5.74, 6) is 0. The molecule has 66 valence electrons. The summed E-state index contributed by atoms with van der Waals surface area (Å²) >= 11 is 0. The number of fused-ring (bicyclic) bond motifs is 1. The van der Waals surface area contributed by atoms with Crippen LogP contribution in [0.2, 0.25) is 0 Å². The van der Waals surface area contributed by atoms with Gasteiger partial charge in [-0.3, -0.25) is 0 Å². The lowest BCUT2D eigenvalue weighted by molar-refractivity contribution is 1.32. The first-order chi connectivity index (χ1) is 5.88. The van der Waals surface area contributed by atoms with E-state index in [4.69, 9.17) is 0 Å². The van der Waals surface area contributed by atoms with Crippen molar-refractivity contribution in [3.63, 3.8) is 0 Å². The summed E-state index contributed by atoms with van der Waals surface area (Å²) in [7, 11) is 0. The molecule has 0 aromatic carbocycles. The molecule has 0 aliphatic rings. The third-order valence-electron chi connectivity index (χ3n) is 1.66. The van der Waals surface area contributed by atoms with Crippen molar-refractivity contribution in [1.29, 1.82) is 0 Å². The van der Waals surface area contributed by atoms with E-state index in [1.54, 1.807) is 6.20 Å². The highest BCUT2D eigenvalue weighted by molar-refractivity contribution is 5.78. The lowest BCUT2D eigenvalue weighted by Crippen LogP contribution is -1.72. The van der Waals surface area contributed by atoms with Crippen molar-refractivity contribution in [2.24, 2.45) is 0 Å². The third kappa shape index (κ3) is 1.47. The Kier molecular flexibility index (Phi) is 2.86. The fourth-order valence-corrected chi connectivity index (χ4v) is 1.09. The minimum absolute atomic E-state index is 0. The van der Waals surface area contributed by atoms with Crippen LogP contribution in [0.1, 0.15) is 20.8 Å². The predicted molar refractivity (Wildman–Crippen MR) is 54.3 cm³/mol. The van der Waals surface area contributed by atoms with Gasteiger partial charge in [-0.25, -0.2) is 4.98 Å². The van der Waals surface area contributed by atoms with E-state index in [0.717, 1.165) is 5.65 Å². The SMILES string of the molecule is CC.Cc1c[nH]c2ncccc12.[HH]. The number of aryl methyl sites for hydroxylation is 1. The van der Waals surface area contributed by atoms with Crippen LogP contribution in [0.4, 0.5) is 0 Å². The summed E-state index contributed by atoms with van der Waals surface area (Å²) in [6.07, 6.45) is 3.76.